The molecule has 0 radical (unpaired) electrons. The van der Waals surface area contributed by atoms with Crippen molar-refractivity contribution < 1.29 is 9.32 Å². The molecule has 0 aliphatic carbocycles. The number of carbonyl (C=O) groups excluding carboxylic acids is 1. The molecule has 1 N–H and O–H groups in total. The van der Waals surface area contributed by atoms with Crippen LogP contribution in [0, 0.1) is 5.92 Å². The molecule has 0 saturated carbocycles. The zero-order valence-electron chi connectivity index (χ0n) is 17.0. The van der Waals surface area contributed by atoms with Crippen LogP contribution in [0.1, 0.15) is 47.4 Å². The standard InChI is InChI=1S/C23H30N4O2/c28-22(21-7-12-25-29-21)27-16-19-3-1-2-4-20(19)23(17-27)8-13-26(14-9-23)15-18-5-10-24-11-6-18/h1-4,7,12,18,24H,5-6,8-11,13-17H2. The van der Waals surface area contributed by atoms with Crippen molar-refractivity contribution in [2.45, 2.75) is 37.6 Å². The Balaban J connectivity index is 1.33. The summed E-state index contributed by atoms with van der Waals surface area (Å²) >= 11 is 0. The van der Waals surface area contributed by atoms with Gasteiger partial charge in [0.1, 0.15) is 0 Å². The minimum Gasteiger partial charge on any atom is -0.351 e. The SMILES string of the molecule is O=C(c1ccno1)N1Cc2ccccc2C2(CCN(CC3CCNCC3)CC2)C1. The lowest BCUT2D eigenvalue weighted by Crippen LogP contribution is -2.53. The maximum Gasteiger partial charge on any atom is 0.292 e. The van der Waals surface area contributed by atoms with Gasteiger partial charge in [-0.15, -0.1) is 0 Å². The zero-order chi connectivity index (χ0) is 19.7. The van der Waals surface area contributed by atoms with Crippen LogP contribution in [0.2, 0.25) is 0 Å². The molecular formula is C23H30N4O2. The third-order valence-electron chi connectivity index (χ3n) is 7.17. The maximum absolute atomic E-state index is 13.0. The quantitative estimate of drug-likeness (QED) is 0.867. The number of amides is 1. The molecule has 0 atom stereocenters. The highest BCUT2D eigenvalue weighted by molar-refractivity contribution is 5.91. The monoisotopic (exact) mass is 394 g/mol. The van der Waals surface area contributed by atoms with Gasteiger partial charge in [0.15, 0.2) is 0 Å². The van der Waals surface area contributed by atoms with Gasteiger partial charge in [-0.2, -0.15) is 0 Å². The molecule has 6 heteroatoms. The topological polar surface area (TPSA) is 61.6 Å². The summed E-state index contributed by atoms with van der Waals surface area (Å²) in [6.45, 7) is 7.19. The van der Waals surface area contributed by atoms with Crippen molar-refractivity contribution >= 4 is 5.91 Å². The Bertz CT molecular complexity index is 836. The van der Waals surface area contributed by atoms with Crippen LogP contribution >= 0.6 is 0 Å². The van der Waals surface area contributed by atoms with Gasteiger partial charge in [-0.3, -0.25) is 4.79 Å². The van der Waals surface area contributed by atoms with Crippen molar-refractivity contribution in [2.24, 2.45) is 5.92 Å². The highest BCUT2D eigenvalue weighted by Gasteiger charge is 2.43. The number of rotatable bonds is 3. The summed E-state index contributed by atoms with van der Waals surface area (Å²) in [6, 6.07) is 10.4. The van der Waals surface area contributed by atoms with E-state index in [2.05, 4.69) is 39.6 Å². The van der Waals surface area contributed by atoms with Gasteiger partial charge in [0.05, 0.1) is 6.20 Å². The van der Waals surface area contributed by atoms with Crippen LogP contribution in [0.3, 0.4) is 0 Å². The average Bonchev–Trinajstić information content (AvgIpc) is 3.31. The Hall–Kier alpha value is -2.18. The summed E-state index contributed by atoms with van der Waals surface area (Å²) in [5.41, 5.74) is 2.77. The molecule has 1 amide bonds. The second-order valence-electron chi connectivity index (χ2n) is 8.97. The van der Waals surface area contributed by atoms with Crippen molar-refractivity contribution in [3.63, 3.8) is 0 Å². The average molecular weight is 395 g/mol. The summed E-state index contributed by atoms with van der Waals surface area (Å²) in [7, 11) is 0. The molecule has 1 aromatic carbocycles. The van der Waals surface area contributed by atoms with E-state index in [0.29, 0.717) is 12.3 Å². The fourth-order valence-corrected chi connectivity index (χ4v) is 5.53. The number of hydrogen-bond acceptors (Lipinski definition) is 5. The lowest BCUT2D eigenvalue weighted by molar-refractivity contribution is 0.0523. The van der Waals surface area contributed by atoms with E-state index in [9.17, 15) is 4.79 Å². The van der Waals surface area contributed by atoms with E-state index in [1.54, 1.807) is 12.3 Å². The molecule has 6 nitrogen and oxygen atoms in total. The molecule has 2 fully saturated rings. The number of fused-ring (bicyclic) bond motifs is 2. The van der Waals surface area contributed by atoms with Gasteiger partial charge in [-0.1, -0.05) is 29.4 Å². The molecule has 29 heavy (non-hydrogen) atoms. The van der Waals surface area contributed by atoms with E-state index in [-0.39, 0.29) is 11.3 Å². The second kappa shape index (κ2) is 7.92. The van der Waals surface area contributed by atoms with Crippen molar-refractivity contribution in [2.75, 3.05) is 39.3 Å². The molecule has 0 bridgehead atoms. The smallest absolute Gasteiger partial charge is 0.292 e. The second-order valence-corrected chi connectivity index (χ2v) is 8.97. The highest BCUT2D eigenvalue weighted by atomic mass is 16.5. The maximum atomic E-state index is 13.0. The molecule has 5 rings (SSSR count). The van der Waals surface area contributed by atoms with Gasteiger partial charge in [-0.05, 0) is 68.9 Å². The van der Waals surface area contributed by atoms with Crippen LogP contribution in [0.15, 0.2) is 41.1 Å². The lowest BCUT2D eigenvalue weighted by atomic mass is 9.68. The van der Waals surface area contributed by atoms with Crippen LogP contribution in [0.25, 0.3) is 0 Å². The molecule has 3 aliphatic heterocycles. The number of hydrogen-bond donors (Lipinski definition) is 1. The lowest BCUT2D eigenvalue weighted by Gasteiger charge is -2.49. The molecule has 154 valence electrons. The van der Waals surface area contributed by atoms with Gasteiger partial charge < -0.3 is 19.6 Å². The third-order valence-corrected chi connectivity index (χ3v) is 7.17. The zero-order valence-corrected chi connectivity index (χ0v) is 17.0. The Labute approximate surface area is 172 Å². The molecule has 2 aromatic rings. The van der Waals surface area contributed by atoms with Crippen LogP contribution in [0.4, 0.5) is 0 Å². The summed E-state index contributed by atoms with van der Waals surface area (Å²) in [5, 5.41) is 7.19. The summed E-state index contributed by atoms with van der Waals surface area (Å²) < 4.78 is 5.16. The fourth-order valence-electron chi connectivity index (χ4n) is 5.53. The van der Waals surface area contributed by atoms with Crippen molar-refractivity contribution in [1.29, 1.82) is 0 Å². The van der Waals surface area contributed by atoms with Crippen LogP contribution in [0.5, 0.6) is 0 Å². The van der Waals surface area contributed by atoms with Crippen LogP contribution in [-0.2, 0) is 12.0 Å². The molecule has 1 aromatic heterocycles. The van der Waals surface area contributed by atoms with Gasteiger partial charge in [0, 0.05) is 31.1 Å². The van der Waals surface area contributed by atoms with E-state index in [4.69, 9.17) is 4.52 Å². The van der Waals surface area contributed by atoms with Gasteiger partial charge in [-0.25, -0.2) is 0 Å². The number of nitrogens with zero attached hydrogens (tertiary/aromatic N) is 3. The van der Waals surface area contributed by atoms with Crippen molar-refractivity contribution in [3.05, 3.63) is 53.4 Å². The van der Waals surface area contributed by atoms with Crippen LogP contribution < -0.4 is 5.32 Å². The number of aromatic nitrogens is 1. The van der Waals surface area contributed by atoms with Crippen LogP contribution in [-0.4, -0.2) is 60.1 Å². The predicted molar refractivity (Wildman–Crippen MR) is 111 cm³/mol. The fraction of sp³-hybridized carbons (Fsp3) is 0.565. The molecule has 0 unspecified atom stereocenters. The Morgan fingerprint density at radius 3 is 2.72 bits per heavy atom. The number of piperidine rings is 2. The van der Waals surface area contributed by atoms with Gasteiger partial charge in [0.2, 0.25) is 5.76 Å². The van der Waals surface area contributed by atoms with E-state index in [0.717, 1.165) is 51.5 Å². The molecule has 2 saturated heterocycles. The molecule has 1 spiro atoms. The Morgan fingerprint density at radius 2 is 1.97 bits per heavy atom. The largest absolute Gasteiger partial charge is 0.351 e. The number of likely N-dealkylation sites (tertiary alicyclic amines) is 1. The number of benzene rings is 1. The highest BCUT2D eigenvalue weighted by Crippen LogP contribution is 2.42. The first-order chi connectivity index (χ1) is 14.2. The third kappa shape index (κ3) is 3.71. The first kappa shape index (κ1) is 18.8. The minimum atomic E-state index is -0.0477. The van der Waals surface area contributed by atoms with Gasteiger partial charge >= 0.3 is 0 Å². The van der Waals surface area contributed by atoms with E-state index in [1.807, 2.05) is 4.90 Å². The normalized spacial score (nSPS) is 22.6. The number of nitrogens with one attached hydrogen (secondary N) is 1. The van der Waals surface area contributed by atoms with Crippen molar-refractivity contribution in [1.82, 2.24) is 20.3 Å². The molecular weight excluding hydrogens is 364 g/mol. The number of carbonyl (C=O) groups is 1. The summed E-state index contributed by atoms with van der Waals surface area (Å²) in [4.78, 5) is 17.6. The van der Waals surface area contributed by atoms with E-state index >= 15 is 0 Å². The molecule has 3 aliphatic rings. The minimum absolute atomic E-state index is 0.0477. The van der Waals surface area contributed by atoms with E-state index in [1.165, 1.54) is 30.5 Å². The Morgan fingerprint density at radius 1 is 1.17 bits per heavy atom. The van der Waals surface area contributed by atoms with Gasteiger partial charge in [0.25, 0.3) is 5.91 Å². The first-order valence-electron chi connectivity index (χ1n) is 10.9. The molecule has 4 heterocycles. The predicted octanol–water partition coefficient (Wildman–Crippen LogP) is 2.66. The Kier molecular flexibility index (Phi) is 5.14. The summed E-state index contributed by atoms with van der Waals surface area (Å²) in [5.74, 6) is 1.12. The first-order valence-corrected chi connectivity index (χ1v) is 10.9. The van der Waals surface area contributed by atoms with Crippen molar-refractivity contribution in [3.8, 4) is 0 Å². The summed E-state index contributed by atoms with van der Waals surface area (Å²) in [6.07, 6.45) is 6.35. The van der Waals surface area contributed by atoms with E-state index < -0.39 is 0 Å².